The lowest BCUT2D eigenvalue weighted by atomic mass is 10.1. The van der Waals surface area contributed by atoms with Crippen LogP contribution in [0.1, 0.15) is 25.3 Å². The van der Waals surface area contributed by atoms with Crippen LogP contribution >= 0.6 is 0 Å². The van der Waals surface area contributed by atoms with Gasteiger partial charge in [-0.1, -0.05) is 6.07 Å². The van der Waals surface area contributed by atoms with E-state index in [-0.39, 0.29) is 30.4 Å². The van der Waals surface area contributed by atoms with Crippen LogP contribution in [-0.4, -0.2) is 40.3 Å². The number of nitrogens with zero attached hydrogens (tertiary/aromatic N) is 1. The molecule has 2 aliphatic rings. The number of hydrogen-bond donors (Lipinski definition) is 1. The summed E-state index contributed by atoms with van der Waals surface area (Å²) in [6, 6.07) is 1.04. The second kappa shape index (κ2) is 5.55. The first-order chi connectivity index (χ1) is 10.4. The Bertz CT molecular complexity index is 610. The molecule has 120 valence electrons. The molecule has 0 bridgehead atoms. The van der Waals surface area contributed by atoms with Gasteiger partial charge in [-0.2, -0.15) is 0 Å². The molecular formula is C15H16F3NO3. The van der Waals surface area contributed by atoms with Gasteiger partial charge in [-0.15, -0.1) is 0 Å². The fraction of sp³-hybridized carbons (Fsp3) is 0.533. The zero-order valence-electron chi connectivity index (χ0n) is 11.9. The Morgan fingerprint density at radius 3 is 2.73 bits per heavy atom. The molecule has 0 aromatic heterocycles. The minimum atomic E-state index is -1.53. The largest absolute Gasteiger partial charge is 0.480 e. The number of fused-ring (bicyclic) bond motifs is 1. The van der Waals surface area contributed by atoms with E-state index >= 15 is 0 Å². The van der Waals surface area contributed by atoms with Gasteiger partial charge in [-0.05, 0) is 19.4 Å². The predicted molar refractivity (Wildman–Crippen MR) is 70.6 cm³/mol. The Kier molecular flexibility index (Phi) is 3.86. The van der Waals surface area contributed by atoms with Crippen LogP contribution < -0.4 is 0 Å². The van der Waals surface area contributed by atoms with Crippen molar-refractivity contribution in [2.24, 2.45) is 0 Å². The number of carbonyl (C=O) groups is 1. The fourth-order valence-electron chi connectivity index (χ4n) is 3.44. The van der Waals surface area contributed by atoms with Gasteiger partial charge in [-0.3, -0.25) is 9.69 Å². The van der Waals surface area contributed by atoms with Crippen LogP contribution in [-0.2, 0) is 16.1 Å². The highest BCUT2D eigenvalue weighted by molar-refractivity contribution is 5.74. The third-order valence-corrected chi connectivity index (χ3v) is 4.44. The van der Waals surface area contributed by atoms with E-state index < -0.39 is 29.5 Å². The van der Waals surface area contributed by atoms with Crippen LogP contribution in [0.2, 0.25) is 0 Å². The second-order valence-electron chi connectivity index (χ2n) is 5.88. The van der Waals surface area contributed by atoms with E-state index in [4.69, 9.17) is 4.74 Å². The molecule has 0 radical (unpaired) electrons. The smallest absolute Gasteiger partial charge is 0.321 e. The van der Waals surface area contributed by atoms with Crippen LogP contribution in [0.3, 0.4) is 0 Å². The second-order valence-corrected chi connectivity index (χ2v) is 5.88. The van der Waals surface area contributed by atoms with Crippen molar-refractivity contribution in [2.45, 2.75) is 50.6 Å². The zero-order valence-corrected chi connectivity index (χ0v) is 11.9. The molecule has 7 heteroatoms. The van der Waals surface area contributed by atoms with Crippen LogP contribution in [0.4, 0.5) is 13.2 Å². The monoisotopic (exact) mass is 315 g/mol. The summed E-state index contributed by atoms with van der Waals surface area (Å²) < 4.78 is 45.9. The quantitative estimate of drug-likeness (QED) is 0.870. The van der Waals surface area contributed by atoms with Crippen molar-refractivity contribution >= 4 is 5.97 Å². The van der Waals surface area contributed by atoms with E-state index in [0.29, 0.717) is 12.8 Å². The summed E-state index contributed by atoms with van der Waals surface area (Å²) in [5.74, 6) is -5.07. The van der Waals surface area contributed by atoms with Crippen LogP contribution in [0.15, 0.2) is 12.1 Å². The molecule has 1 aromatic rings. The van der Waals surface area contributed by atoms with Crippen molar-refractivity contribution in [3.05, 3.63) is 35.1 Å². The Hall–Kier alpha value is -1.60. The Balaban J connectivity index is 1.88. The topological polar surface area (TPSA) is 49.8 Å². The van der Waals surface area contributed by atoms with E-state index in [1.54, 1.807) is 4.90 Å². The number of ether oxygens (including phenoxy) is 1. The number of carboxylic acid groups (broad SMARTS) is 1. The van der Waals surface area contributed by atoms with Crippen molar-refractivity contribution in [1.82, 2.24) is 4.90 Å². The molecule has 2 aliphatic heterocycles. The van der Waals surface area contributed by atoms with E-state index in [1.165, 1.54) is 0 Å². The first-order valence-electron chi connectivity index (χ1n) is 7.15. The maximum absolute atomic E-state index is 13.8. The molecule has 0 amide bonds. The summed E-state index contributed by atoms with van der Waals surface area (Å²) in [5.41, 5.74) is -0.0506. The molecule has 1 aromatic carbocycles. The number of likely N-dealkylation sites (tertiary alicyclic amines) is 1. The van der Waals surface area contributed by atoms with Crippen molar-refractivity contribution in [1.29, 1.82) is 0 Å². The molecule has 4 nitrogen and oxygen atoms in total. The third kappa shape index (κ3) is 2.48. The van der Waals surface area contributed by atoms with E-state index in [0.717, 1.165) is 12.1 Å². The van der Waals surface area contributed by atoms with Crippen molar-refractivity contribution in [2.75, 3.05) is 0 Å². The predicted octanol–water partition coefficient (Wildman–Crippen LogP) is 2.31. The van der Waals surface area contributed by atoms with Gasteiger partial charge in [-0.25, -0.2) is 13.2 Å². The maximum Gasteiger partial charge on any atom is 0.321 e. The summed E-state index contributed by atoms with van der Waals surface area (Å²) in [7, 11) is 0. The Labute approximate surface area is 125 Å². The van der Waals surface area contributed by atoms with E-state index in [1.807, 2.05) is 6.92 Å². The summed E-state index contributed by atoms with van der Waals surface area (Å²) in [5, 5.41) is 9.33. The van der Waals surface area contributed by atoms with Crippen molar-refractivity contribution < 1.29 is 27.8 Å². The van der Waals surface area contributed by atoms with E-state index in [9.17, 15) is 23.1 Å². The van der Waals surface area contributed by atoms with Crippen molar-refractivity contribution in [3.63, 3.8) is 0 Å². The molecule has 2 saturated heterocycles. The fourth-order valence-corrected chi connectivity index (χ4v) is 3.44. The molecule has 0 spiro atoms. The molecule has 4 atom stereocenters. The van der Waals surface area contributed by atoms with Crippen LogP contribution in [0.5, 0.6) is 0 Å². The van der Waals surface area contributed by atoms with Gasteiger partial charge in [0.15, 0.2) is 17.5 Å². The highest BCUT2D eigenvalue weighted by Crippen LogP contribution is 2.37. The van der Waals surface area contributed by atoms with Gasteiger partial charge in [0.05, 0.1) is 12.2 Å². The molecule has 0 saturated carbocycles. The van der Waals surface area contributed by atoms with Gasteiger partial charge in [0, 0.05) is 24.6 Å². The van der Waals surface area contributed by atoms with E-state index in [2.05, 4.69) is 0 Å². The lowest BCUT2D eigenvalue weighted by Gasteiger charge is -2.27. The average Bonchev–Trinajstić information content (AvgIpc) is 2.97. The number of benzene rings is 1. The van der Waals surface area contributed by atoms with Gasteiger partial charge in [0.2, 0.25) is 0 Å². The standard InChI is InChI=1S/C15H16F3NO3/c1-7-4-10-12(22-7)5-11(15(20)21)19(10)6-8-2-3-9(16)14(18)13(8)17/h2-3,7,10-12H,4-6H2,1H3,(H,20,21)/t7-,10+,11+,12+/m1/s1. The summed E-state index contributed by atoms with van der Waals surface area (Å²) in [4.78, 5) is 13.0. The minimum Gasteiger partial charge on any atom is -0.480 e. The molecule has 0 aliphatic carbocycles. The maximum atomic E-state index is 13.8. The summed E-state index contributed by atoms with van der Waals surface area (Å²) in [6.45, 7) is 1.81. The SMILES string of the molecule is C[C@@H]1C[C@H]2[C@H](C[C@@H](C(=O)O)N2Cc2ccc(F)c(F)c2F)O1. The van der Waals surface area contributed by atoms with Gasteiger partial charge >= 0.3 is 5.97 Å². The highest BCUT2D eigenvalue weighted by Gasteiger charge is 2.49. The average molecular weight is 315 g/mol. The number of aliphatic carboxylic acids is 1. The molecule has 22 heavy (non-hydrogen) atoms. The van der Waals surface area contributed by atoms with Crippen molar-refractivity contribution in [3.8, 4) is 0 Å². The lowest BCUT2D eigenvalue weighted by Crippen LogP contribution is -2.41. The number of halogens is 3. The number of hydrogen-bond acceptors (Lipinski definition) is 3. The molecular weight excluding hydrogens is 299 g/mol. The minimum absolute atomic E-state index is 0.00189. The first-order valence-corrected chi connectivity index (χ1v) is 7.15. The van der Waals surface area contributed by atoms with Crippen LogP contribution in [0, 0.1) is 17.5 Å². The highest BCUT2D eigenvalue weighted by atomic mass is 19.2. The Morgan fingerprint density at radius 2 is 2.05 bits per heavy atom. The molecule has 3 rings (SSSR count). The van der Waals surface area contributed by atoms with Gasteiger partial charge in [0.1, 0.15) is 6.04 Å². The normalized spacial score (nSPS) is 31.5. The number of rotatable bonds is 3. The van der Waals surface area contributed by atoms with Crippen LogP contribution in [0.25, 0.3) is 0 Å². The molecule has 2 heterocycles. The molecule has 1 N–H and O–H groups in total. The van der Waals surface area contributed by atoms with Gasteiger partial charge < -0.3 is 9.84 Å². The number of carboxylic acids is 1. The first kappa shape index (κ1) is 15.3. The zero-order chi connectivity index (χ0) is 16.0. The third-order valence-electron chi connectivity index (χ3n) is 4.44. The molecule has 2 fully saturated rings. The summed E-state index contributed by atoms with van der Waals surface area (Å²) >= 11 is 0. The molecule has 0 unspecified atom stereocenters. The lowest BCUT2D eigenvalue weighted by molar-refractivity contribution is -0.143. The van der Waals surface area contributed by atoms with Gasteiger partial charge in [0.25, 0.3) is 0 Å². The Morgan fingerprint density at radius 1 is 1.32 bits per heavy atom. The summed E-state index contributed by atoms with van der Waals surface area (Å²) in [6.07, 6.45) is 0.738.